The molecule has 0 radical (unpaired) electrons. The zero-order chi connectivity index (χ0) is 33.4. The largest absolute Gasteiger partial charge is 0.504 e. The van der Waals surface area contributed by atoms with Gasteiger partial charge in [-0.1, -0.05) is 109 Å². The van der Waals surface area contributed by atoms with Gasteiger partial charge in [-0.2, -0.15) is 0 Å². The second kappa shape index (κ2) is 10.6. The zero-order valence-electron chi connectivity index (χ0n) is 25.8. The quantitative estimate of drug-likeness (QED) is 0.0564. The average Bonchev–Trinajstić information content (AvgIpc) is 3.15. The first-order valence-corrected chi connectivity index (χ1v) is 15.7. The van der Waals surface area contributed by atoms with Crippen molar-refractivity contribution in [2.75, 3.05) is 0 Å². The molecular weight excluding hydrogens is 612 g/mol. The number of hydrogen-bond acceptors (Lipinski definition) is 7. The highest BCUT2D eigenvalue weighted by Gasteiger charge is 2.28. The molecule has 9 rings (SSSR count). The maximum absolute atomic E-state index is 11.0. The lowest BCUT2D eigenvalue weighted by Crippen LogP contribution is -1.95. The van der Waals surface area contributed by atoms with E-state index < -0.39 is 28.7 Å². The third-order valence-corrected chi connectivity index (χ3v) is 9.50. The summed E-state index contributed by atoms with van der Waals surface area (Å²) in [5, 5.41) is 62.5. The summed E-state index contributed by atoms with van der Waals surface area (Å²) in [6, 6.07) is 38.1. The fraction of sp³-hybridized carbons (Fsp3) is 0. The SMILES string of the molecule is Oc1c(O)c(O)c(-c2c3ccccc3c(-c3cnc(-c4cc5c6ccccc6ccc5c5ccccc45)nc3)c3ccccc23)c(O)c1O. The van der Waals surface area contributed by atoms with Gasteiger partial charge in [-0.15, -0.1) is 0 Å². The first kappa shape index (κ1) is 28.4. The standard InChI is InChI=1S/C42H26N2O5/c45-37-36(38(46)40(48)41(49)39(37)47)35-30-15-7-5-13-28(30)34(29-14-6-8-16-31(29)35)23-20-43-42(44-21-23)33-19-32-24-10-2-1-9-22(24)17-18-27(32)25-11-3-4-12-26(25)33/h1-21,45-49H. The Balaban J connectivity index is 1.29. The molecule has 0 saturated heterocycles. The van der Waals surface area contributed by atoms with E-state index in [2.05, 4.69) is 48.5 Å². The maximum atomic E-state index is 11.0. The Morgan fingerprint density at radius 3 is 1.39 bits per heavy atom. The van der Waals surface area contributed by atoms with Crippen LogP contribution in [0.3, 0.4) is 0 Å². The second-order valence-electron chi connectivity index (χ2n) is 12.1. The predicted molar refractivity (Wildman–Crippen MR) is 194 cm³/mol. The van der Waals surface area contributed by atoms with E-state index in [-0.39, 0.29) is 5.56 Å². The molecule has 0 spiro atoms. The number of nitrogens with zero attached hydrogens (tertiary/aromatic N) is 2. The molecule has 0 bridgehead atoms. The Bertz CT molecular complexity index is 2740. The summed E-state index contributed by atoms with van der Waals surface area (Å²) in [5.74, 6) is -3.78. The van der Waals surface area contributed by atoms with Crippen LogP contribution in [0.1, 0.15) is 0 Å². The summed E-state index contributed by atoms with van der Waals surface area (Å²) in [6.45, 7) is 0. The predicted octanol–water partition coefficient (Wildman–Crippen LogP) is 9.77. The van der Waals surface area contributed by atoms with Crippen molar-refractivity contribution >= 4 is 53.9 Å². The number of phenols is 5. The highest BCUT2D eigenvalue weighted by molar-refractivity contribution is 6.23. The molecule has 49 heavy (non-hydrogen) atoms. The number of aromatic hydroxyl groups is 5. The second-order valence-corrected chi connectivity index (χ2v) is 12.1. The first-order chi connectivity index (χ1) is 23.9. The van der Waals surface area contributed by atoms with Crippen molar-refractivity contribution in [3.63, 3.8) is 0 Å². The number of hydrogen-bond donors (Lipinski definition) is 5. The van der Waals surface area contributed by atoms with Gasteiger partial charge in [0.2, 0.25) is 17.2 Å². The van der Waals surface area contributed by atoms with Crippen LogP contribution in [0.15, 0.2) is 128 Å². The number of fused-ring (bicyclic) bond motifs is 7. The van der Waals surface area contributed by atoms with Crippen LogP contribution in [0.2, 0.25) is 0 Å². The zero-order valence-corrected chi connectivity index (χ0v) is 25.8. The molecule has 0 aliphatic rings. The van der Waals surface area contributed by atoms with Crippen LogP contribution in [0.5, 0.6) is 28.7 Å². The Hall–Kier alpha value is -6.86. The van der Waals surface area contributed by atoms with Crippen molar-refractivity contribution in [3.8, 4) is 62.4 Å². The van der Waals surface area contributed by atoms with Gasteiger partial charge < -0.3 is 25.5 Å². The van der Waals surface area contributed by atoms with E-state index in [1.54, 1.807) is 0 Å². The summed E-state index contributed by atoms with van der Waals surface area (Å²) in [7, 11) is 0. The highest BCUT2D eigenvalue weighted by Crippen LogP contribution is 2.57. The van der Waals surface area contributed by atoms with E-state index in [9.17, 15) is 25.5 Å². The summed E-state index contributed by atoms with van der Waals surface area (Å²) in [4.78, 5) is 9.87. The monoisotopic (exact) mass is 638 g/mol. The molecule has 8 aromatic carbocycles. The van der Waals surface area contributed by atoms with Crippen LogP contribution < -0.4 is 0 Å². The summed E-state index contributed by atoms with van der Waals surface area (Å²) in [6.07, 6.45) is 3.62. The molecule has 0 aliphatic heterocycles. The average molecular weight is 639 g/mol. The number of benzene rings is 8. The Morgan fingerprint density at radius 1 is 0.347 bits per heavy atom. The maximum Gasteiger partial charge on any atom is 0.208 e. The van der Waals surface area contributed by atoms with Gasteiger partial charge in [0.05, 0.1) is 5.56 Å². The van der Waals surface area contributed by atoms with Gasteiger partial charge in [0.1, 0.15) is 0 Å². The van der Waals surface area contributed by atoms with Crippen molar-refractivity contribution in [1.82, 2.24) is 9.97 Å². The third kappa shape index (κ3) is 4.09. The van der Waals surface area contributed by atoms with Crippen molar-refractivity contribution in [3.05, 3.63) is 128 Å². The van der Waals surface area contributed by atoms with Crippen LogP contribution in [-0.4, -0.2) is 35.5 Å². The highest BCUT2D eigenvalue weighted by atomic mass is 16.4. The normalized spacial score (nSPS) is 11.7. The fourth-order valence-corrected chi connectivity index (χ4v) is 7.27. The van der Waals surface area contributed by atoms with Gasteiger partial charge in [0, 0.05) is 34.6 Å². The van der Waals surface area contributed by atoms with Gasteiger partial charge in [0.25, 0.3) is 0 Å². The van der Waals surface area contributed by atoms with Crippen molar-refractivity contribution in [2.24, 2.45) is 0 Å². The van der Waals surface area contributed by atoms with Crippen LogP contribution in [0, 0.1) is 0 Å². The molecule has 0 atom stereocenters. The van der Waals surface area contributed by atoms with E-state index in [4.69, 9.17) is 9.97 Å². The van der Waals surface area contributed by atoms with Gasteiger partial charge in [-0.3, -0.25) is 0 Å². The van der Waals surface area contributed by atoms with Crippen LogP contribution in [-0.2, 0) is 0 Å². The molecule has 234 valence electrons. The van der Waals surface area contributed by atoms with Crippen LogP contribution >= 0.6 is 0 Å². The number of aromatic nitrogens is 2. The molecule has 9 aromatic rings. The van der Waals surface area contributed by atoms with Gasteiger partial charge in [0.15, 0.2) is 17.3 Å². The lowest BCUT2D eigenvalue weighted by Gasteiger charge is -2.19. The number of phenolic OH excluding ortho intramolecular Hbond substituents is 5. The Kier molecular flexibility index (Phi) is 6.13. The fourth-order valence-electron chi connectivity index (χ4n) is 7.27. The van der Waals surface area contributed by atoms with Crippen LogP contribution in [0.25, 0.3) is 87.5 Å². The molecule has 5 N–H and O–H groups in total. The first-order valence-electron chi connectivity index (χ1n) is 15.7. The van der Waals surface area contributed by atoms with Gasteiger partial charge >= 0.3 is 0 Å². The van der Waals surface area contributed by atoms with E-state index in [0.717, 1.165) is 54.4 Å². The summed E-state index contributed by atoms with van der Waals surface area (Å²) >= 11 is 0. The lowest BCUT2D eigenvalue weighted by atomic mass is 9.85. The third-order valence-electron chi connectivity index (χ3n) is 9.50. The molecule has 7 heteroatoms. The van der Waals surface area contributed by atoms with E-state index in [0.29, 0.717) is 22.2 Å². The molecule has 1 aromatic heterocycles. The summed E-state index contributed by atoms with van der Waals surface area (Å²) in [5.41, 5.74) is 2.69. The molecule has 1 heterocycles. The van der Waals surface area contributed by atoms with Crippen molar-refractivity contribution in [2.45, 2.75) is 0 Å². The minimum Gasteiger partial charge on any atom is -0.504 e. The molecule has 7 nitrogen and oxygen atoms in total. The lowest BCUT2D eigenvalue weighted by molar-refractivity contribution is 0.330. The van der Waals surface area contributed by atoms with Gasteiger partial charge in [-0.05, 0) is 59.9 Å². The van der Waals surface area contributed by atoms with E-state index in [1.807, 2.05) is 79.1 Å². The number of rotatable bonds is 3. The summed E-state index contributed by atoms with van der Waals surface area (Å²) < 4.78 is 0. The van der Waals surface area contributed by atoms with E-state index >= 15 is 0 Å². The minimum atomic E-state index is -1.01. The van der Waals surface area contributed by atoms with Gasteiger partial charge in [-0.25, -0.2) is 9.97 Å². The molecule has 0 fully saturated rings. The Labute approximate surface area is 278 Å². The molecule has 0 amide bonds. The van der Waals surface area contributed by atoms with Crippen molar-refractivity contribution in [1.29, 1.82) is 0 Å². The van der Waals surface area contributed by atoms with Crippen LogP contribution in [0.4, 0.5) is 0 Å². The smallest absolute Gasteiger partial charge is 0.208 e. The van der Waals surface area contributed by atoms with Crippen molar-refractivity contribution < 1.29 is 25.5 Å². The molecule has 0 aliphatic carbocycles. The molecule has 0 unspecified atom stereocenters. The molecule has 0 saturated carbocycles. The Morgan fingerprint density at radius 2 is 0.796 bits per heavy atom. The van der Waals surface area contributed by atoms with E-state index in [1.165, 1.54) is 5.39 Å². The topological polar surface area (TPSA) is 127 Å². The minimum absolute atomic E-state index is 0.200. The molecular formula is C42H26N2O5.